The van der Waals surface area contributed by atoms with Crippen molar-refractivity contribution >= 4 is 22.7 Å². The molecule has 0 unspecified atom stereocenters. The van der Waals surface area contributed by atoms with Crippen LogP contribution in [0.3, 0.4) is 0 Å². The van der Waals surface area contributed by atoms with Crippen LogP contribution in [0.1, 0.15) is 61.1 Å². The molecule has 5 aliphatic rings. The number of nitrogens with one attached hydrogen (secondary N) is 2. The highest BCUT2D eigenvalue weighted by atomic mass is 16.3. The van der Waals surface area contributed by atoms with Gasteiger partial charge in [-0.3, -0.25) is 29.8 Å². The Bertz CT molecular complexity index is 1170. The summed E-state index contributed by atoms with van der Waals surface area (Å²) in [5.74, 6) is 0.882. The molecule has 4 bridgehead atoms. The van der Waals surface area contributed by atoms with Gasteiger partial charge in [0, 0.05) is 18.5 Å². The second kappa shape index (κ2) is 6.38. The van der Waals surface area contributed by atoms with E-state index < -0.39 is 16.9 Å². The molecule has 0 radical (unpaired) electrons. The van der Waals surface area contributed by atoms with Crippen LogP contribution in [0.15, 0.2) is 23.0 Å². The lowest BCUT2D eigenvalue weighted by molar-refractivity contribution is -0.178. The van der Waals surface area contributed by atoms with Crippen LogP contribution >= 0.6 is 0 Å². The number of aliphatic hydroxyl groups is 1. The molecule has 1 aliphatic heterocycles. The predicted molar refractivity (Wildman–Crippen MR) is 112 cm³/mol. The smallest absolute Gasteiger partial charge is 0.269 e. The third-order valence-electron chi connectivity index (χ3n) is 7.88. The lowest BCUT2D eigenvalue weighted by Crippen LogP contribution is -2.61. The third kappa shape index (κ3) is 2.91. The Morgan fingerprint density at radius 2 is 1.90 bits per heavy atom. The van der Waals surface area contributed by atoms with Gasteiger partial charge >= 0.3 is 0 Å². The molecule has 7 rings (SSSR count). The number of fused-ring (bicyclic) bond motifs is 2. The highest BCUT2D eigenvalue weighted by Crippen LogP contribution is 2.61. The highest BCUT2D eigenvalue weighted by Gasteiger charge is 2.60. The Morgan fingerprint density at radius 1 is 1.13 bits per heavy atom. The summed E-state index contributed by atoms with van der Waals surface area (Å²) < 4.78 is 1.70. The van der Waals surface area contributed by atoms with E-state index in [9.17, 15) is 19.5 Å². The normalized spacial score (nSPS) is 32.8. The summed E-state index contributed by atoms with van der Waals surface area (Å²) in [4.78, 5) is 42.9. The number of carbonyl (C=O) groups is 2. The second-order valence-electron chi connectivity index (χ2n) is 10.2. The van der Waals surface area contributed by atoms with Crippen LogP contribution in [0.25, 0.3) is 10.9 Å². The molecule has 1 aromatic heterocycles. The van der Waals surface area contributed by atoms with E-state index in [-0.39, 0.29) is 11.5 Å². The molecule has 2 aromatic rings. The molecule has 2 atom stereocenters. The average Bonchev–Trinajstić information content (AvgIpc) is 3.18. The number of aromatic nitrogens is 2. The van der Waals surface area contributed by atoms with E-state index in [1.807, 2.05) is 0 Å². The molecule has 31 heavy (non-hydrogen) atoms. The van der Waals surface area contributed by atoms with Crippen LogP contribution in [0.2, 0.25) is 0 Å². The molecule has 4 fully saturated rings. The number of aryl methyl sites for hydroxylation is 1. The van der Waals surface area contributed by atoms with Crippen LogP contribution < -0.4 is 16.4 Å². The van der Waals surface area contributed by atoms with Gasteiger partial charge in [-0.1, -0.05) is 0 Å². The van der Waals surface area contributed by atoms with Gasteiger partial charge in [0.25, 0.3) is 11.5 Å². The molecule has 2 amide bonds. The first kappa shape index (κ1) is 19.0. The molecule has 0 spiro atoms. The predicted octanol–water partition coefficient (Wildman–Crippen LogP) is 1.43. The van der Waals surface area contributed by atoms with Crippen molar-refractivity contribution in [1.29, 1.82) is 0 Å². The Hall–Kier alpha value is -2.74. The molecule has 4 saturated carbocycles. The van der Waals surface area contributed by atoms with Crippen LogP contribution in [0, 0.1) is 17.3 Å². The minimum Gasteiger partial charge on any atom is -0.390 e. The lowest BCUT2D eigenvalue weighted by atomic mass is 9.47. The van der Waals surface area contributed by atoms with Gasteiger partial charge < -0.3 is 5.11 Å². The first-order valence-corrected chi connectivity index (χ1v) is 11.2. The minimum absolute atomic E-state index is 0.0718. The number of hydrogen-bond donors (Lipinski definition) is 3. The average molecular weight is 422 g/mol. The summed E-state index contributed by atoms with van der Waals surface area (Å²) in [6.45, 7) is 0.684. The van der Waals surface area contributed by atoms with E-state index in [0.717, 1.165) is 50.8 Å². The number of amides is 2. The van der Waals surface area contributed by atoms with Crippen LogP contribution in [0.4, 0.5) is 0 Å². The van der Waals surface area contributed by atoms with Crippen molar-refractivity contribution in [2.45, 2.75) is 63.5 Å². The lowest BCUT2D eigenvalue weighted by Gasteiger charge is -2.59. The zero-order valence-corrected chi connectivity index (χ0v) is 17.3. The quantitative estimate of drug-likeness (QED) is 0.634. The van der Waals surface area contributed by atoms with Gasteiger partial charge in [0.15, 0.2) is 0 Å². The van der Waals surface area contributed by atoms with E-state index in [1.54, 1.807) is 22.8 Å². The largest absolute Gasteiger partial charge is 0.390 e. The zero-order valence-electron chi connectivity index (χ0n) is 17.3. The molecule has 3 N–H and O–H groups in total. The Kier molecular flexibility index (Phi) is 3.91. The molecule has 162 valence electrons. The topological polar surface area (TPSA) is 113 Å². The van der Waals surface area contributed by atoms with Crippen molar-refractivity contribution in [3.63, 3.8) is 0 Å². The number of carbonyl (C=O) groups excluding carboxylic acids is 2. The van der Waals surface area contributed by atoms with Gasteiger partial charge in [0.2, 0.25) is 5.91 Å². The van der Waals surface area contributed by atoms with Crippen molar-refractivity contribution in [3.8, 4) is 0 Å². The number of nitrogens with zero attached hydrogens (tertiary/aromatic N) is 2. The van der Waals surface area contributed by atoms with E-state index in [2.05, 4.69) is 15.8 Å². The first-order valence-electron chi connectivity index (χ1n) is 11.2. The van der Waals surface area contributed by atoms with Gasteiger partial charge in [-0.2, -0.15) is 0 Å². The molecular formula is C23H26N4O4. The standard InChI is InChI=1S/C23H26N4O4/c28-19(15-3-4-16-17(7-15)24-18-2-1-5-27(18)20(16)29)25-26-21(30)22-8-13-6-14(9-22)11-23(31,10-13)12-22/h3-4,7,13-14,31H,1-2,5-6,8-12H2,(H,25,28)(H,26,30)/t13-,14-,22?,23?/m1/s1. The van der Waals surface area contributed by atoms with Crippen molar-refractivity contribution in [1.82, 2.24) is 20.4 Å². The molecule has 0 saturated heterocycles. The minimum atomic E-state index is -0.732. The van der Waals surface area contributed by atoms with E-state index in [0.29, 0.717) is 41.3 Å². The zero-order chi connectivity index (χ0) is 21.4. The monoisotopic (exact) mass is 422 g/mol. The summed E-state index contributed by atoms with van der Waals surface area (Å²) in [6, 6.07) is 4.81. The van der Waals surface area contributed by atoms with Crippen LogP contribution in [-0.2, 0) is 17.8 Å². The summed E-state index contributed by atoms with van der Waals surface area (Å²) in [6.07, 6.45) is 6.37. The van der Waals surface area contributed by atoms with Crippen molar-refractivity contribution < 1.29 is 14.7 Å². The maximum atomic E-state index is 13.1. The van der Waals surface area contributed by atoms with Crippen molar-refractivity contribution in [2.75, 3.05) is 0 Å². The van der Waals surface area contributed by atoms with E-state index in [1.165, 1.54) is 0 Å². The van der Waals surface area contributed by atoms with Crippen LogP contribution in [0.5, 0.6) is 0 Å². The van der Waals surface area contributed by atoms with E-state index in [4.69, 9.17) is 0 Å². The molecule has 4 aliphatic carbocycles. The first-order chi connectivity index (χ1) is 14.8. The SMILES string of the molecule is O=C(NNC(=O)C12C[C@H]3C[C@@H](CC(O)(C3)C1)C2)c1ccc2c(=O)n3c(nc2c1)CCC3. The van der Waals surface area contributed by atoms with Crippen molar-refractivity contribution in [2.24, 2.45) is 17.3 Å². The van der Waals surface area contributed by atoms with E-state index >= 15 is 0 Å². The Morgan fingerprint density at radius 3 is 2.65 bits per heavy atom. The number of benzene rings is 1. The molecule has 8 nitrogen and oxygen atoms in total. The van der Waals surface area contributed by atoms with Crippen LogP contribution in [-0.4, -0.2) is 32.1 Å². The van der Waals surface area contributed by atoms with Gasteiger partial charge in [-0.15, -0.1) is 0 Å². The summed E-state index contributed by atoms with van der Waals surface area (Å²) in [5, 5.41) is 11.4. The third-order valence-corrected chi connectivity index (χ3v) is 7.88. The fourth-order valence-corrected chi connectivity index (χ4v) is 7.02. The summed E-state index contributed by atoms with van der Waals surface area (Å²) in [5.41, 5.74) is 4.60. The highest BCUT2D eigenvalue weighted by molar-refractivity contribution is 5.98. The molecule has 1 aromatic carbocycles. The molecule has 8 heteroatoms. The maximum Gasteiger partial charge on any atom is 0.269 e. The number of hydrogen-bond acceptors (Lipinski definition) is 5. The fourth-order valence-electron chi connectivity index (χ4n) is 7.02. The van der Waals surface area contributed by atoms with Gasteiger partial charge in [0.1, 0.15) is 5.82 Å². The maximum absolute atomic E-state index is 13.1. The second-order valence-corrected chi connectivity index (χ2v) is 10.2. The van der Waals surface area contributed by atoms with Gasteiger partial charge in [-0.25, -0.2) is 4.98 Å². The van der Waals surface area contributed by atoms with Gasteiger partial charge in [-0.05, 0) is 75.0 Å². The number of hydrazine groups is 1. The van der Waals surface area contributed by atoms with Crippen molar-refractivity contribution in [3.05, 3.63) is 39.9 Å². The summed E-state index contributed by atoms with van der Waals surface area (Å²) in [7, 11) is 0. The fraction of sp³-hybridized carbons (Fsp3) is 0.565. The number of rotatable bonds is 2. The Labute approximate surface area is 179 Å². The van der Waals surface area contributed by atoms with Gasteiger partial charge in [0.05, 0.1) is 21.9 Å². The summed E-state index contributed by atoms with van der Waals surface area (Å²) >= 11 is 0. The molecule has 2 heterocycles. The molecular weight excluding hydrogens is 396 g/mol. The Balaban J connectivity index is 1.20.